The number of benzene rings is 2. The molecule has 138 valence electrons. The number of nitrogens with one attached hydrogen (secondary N) is 3. The number of aryl methyl sites for hydroxylation is 1. The average Bonchev–Trinajstić information content (AvgIpc) is 2.54. The summed E-state index contributed by atoms with van der Waals surface area (Å²) in [5.74, 6) is -0.617. The highest BCUT2D eigenvalue weighted by atomic mass is 19.4. The van der Waals surface area contributed by atoms with E-state index in [1.807, 2.05) is 6.92 Å². The Kier molecular flexibility index (Phi) is 5.86. The Balaban J connectivity index is 1.95. The molecule has 5 nitrogen and oxygen atoms in total. The van der Waals surface area contributed by atoms with Crippen LogP contribution in [0.3, 0.4) is 0 Å². The van der Waals surface area contributed by atoms with E-state index in [9.17, 15) is 22.8 Å². The van der Waals surface area contributed by atoms with E-state index < -0.39 is 17.6 Å². The van der Waals surface area contributed by atoms with Crippen LogP contribution in [0.1, 0.15) is 18.1 Å². The van der Waals surface area contributed by atoms with Gasteiger partial charge in [-0.1, -0.05) is 6.07 Å². The zero-order valence-electron chi connectivity index (χ0n) is 14.2. The molecule has 2 rings (SSSR count). The number of carbonyl (C=O) groups is 2. The summed E-state index contributed by atoms with van der Waals surface area (Å²) in [5, 5.41) is 8.10. The van der Waals surface area contributed by atoms with Gasteiger partial charge >= 0.3 is 6.18 Å². The summed E-state index contributed by atoms with van der Waals surface area (Å²) < 4.78 is 37.5. The van der Waals surface area contributed by atoms with Gasteiger partial charge < -0.3 is 16.0 Å². The van der Waals surface area contributed by atoms with Gasteiger partial charge in [-0.15, -0.1) is 0 Å². The highest BCUT2D eigenvalue weighted by molar-refractivity contribution is 5.94. The van der Waals surface area contributed by atoms with Gasteiger partial charge in [-0.05, 0) is 48.9 Å². The molecule has 0 bridgehead atoms. The molecular formula is C18H18F3N3O2. The Hall–Kier alpha value is -3.03. The minimum absolute atomic E-state index is 0.0780. The summed E-state index contributed by atoms with van der Waals surface area (Å²) in [5.41, 5.74) is 1.63. The summed E-state index contributed by atoms with van der Waals surface area (Å²) in [6, 6.07) is 9.44. The van der Waals surface area contributed by atoms with Crippen LogP contribution in [0.5, 0.6) is 0 Å². The highest BCUT2D eigenvalue weighted by Crippen LogP contribution is 2.29. The fourth-order valence-electron chi connectivity index (χ4n) is 2.22. The number of anilines is 3. The fraction of sp³-hybridized carbons (Fsp3) is 0.222. The van der Waals surface area contributed by atoms with Gasteiger partial charge in [0.2, 0.25) is 11.8 Å². The van der Waals surface area contributed by atoms with Crippen molar-refractivity contribution in [2.24, 2.45) is 0 Å². The zero-order chi connectivity index (χ0) is 19.3. The van der Waals surface area contributed by atoms with Crippen LogP contribution in [0, 0.1) is 6.92 Å². The van der Waals surface area contributed by atoms with Crippen LogP contribution in [-0.2, 0) is 15.8 Å². The van der Waals surface area contributed by atoms with Crippen LogP contribution in [0.2, 0.25) is 0 Å². The smallest absolute Gasteiger partial charge is 0.376 e. The summed E-state index contributed by atoms with van der Waals surface area (Å²) in [7, 11) is 0. The summed E-state index contributed by atoms with van der Waals surface area (Å²) >= 11 is 0. The minimum atomic E-state index is -4.42. The largest absolute Gasteiger partial charge is 0.416 e. The van der Waals surface area contributed by atoms with Crippen molar-refractivity contribution < 1.29 is 22.8 Å². The van der Waals surface area contributed by atoms with Gasteiger partial charge in [-0.25, -0.2) is 0 Å². The maximum atomic E-state index is 12.5. The van der Waals surface area contributed by atoms with Gasteiger partial charge in [0, 0.05) is 24.0 Å². The first-order valence-electron chi connectivity index (χ1n) is 7.74. The quantitative estimate of drug-likeness (QED) is 0.749. The van der Waals surface area contributed by atoms with Gasteiger partial charge in [0.1, 0.15) is 0 Å². The van der Waals surface area contributed by atoms with E-state index in [2.05, 4.69) is 16.0 Å². The zero-order valence-corrected chi connectivity index (χ0v) is 14.2. The van der Waals surface area contributed by atoms with E-state index >= 15 is 0 Å². The van der Waals surface area contributed by atoms with Crippen LogP contribution in [0.4, 0.5) is 30.2 Å². The predicted molar refractivity (Wildman–Crippen MR) is 94.0 cm³/mol. The average molecular weight is 365 g/mol. The summed E-state index contributed by atoms with van der Waals surface area (Å²) in [6.07, 6.45) is -4.42. The second-order valence-corrected chi connectivity index (χ2v) is 5.69. The molecule has 0 spiro atoms. The van der Waals surface area contributed by atoms with Crippen molar-refractivity contribution in [3.63, 3.8) is 0 Å². The Morgan fingerprint density at radius 1 is 0.962 bits per heavy atom. The Bertz CT molecular complexity index is 802. The van der Waals surface area contributed by atoms with Crippen LogP contribution >= 0.6 is 0 Å². The minimum Gasteiger partial charge on any atom is -0.376 e. The molecule has 0 aromatic heterocycles. The van der Waals surface area contributed by atoms with Crippen molar-refractivity contribution in [3.8, 4) is 0 Å². The van der Waals surface area contributed by atoms with Crippen LogP contribution < -0.4 is 16.0 Å². The third-order valence-electron chi connectivity index (χ3n) is 3.49. The summed E-state index contributed by atoms with van der Waals surface area (Å²) in [6.45, 7) is 3.16. The molecule has 0 heterocycles. The second kappa shape index (κ2) is 7.90. The third-order valence-corrected chi connectivity index (χ3v) is 3.49. The van der Waals surface area contributed by atoms with Crippen molar-refractivity contribution in [2.45, 2.75) is 20.0 Å². The van der Waals surface area contributed by atoms with Crippen molar-refractivity contribution in [2.75, 3.05) is 22.5 Å². The molecule has 0 atom stereocenters. The standard InChI is InChI=1S/C18H18F3N3O2/c1-11-3-6-15(23-12(2)25)9-16(11)22-10-17(26)24-14-7-4-13(5-8-14)18(19,20)21/h3-9,22H,10H2,1-2H3,(H,23,25)(H,24,26). The first-order chi connectivity index (χ1) is 12.1. The van der Waals surface area contributed by atoms with E-state index in [0.717, 1.165) is 17.7 Å². The molecule has 0 fully saturated rings. The molecule has 26 heavy (non-hydrogen) atoms. The number of rotatable bonds is 5. The van der Waals surface area contributed by atoms with Crippen molar-refractivity contribution in [3.05, 3.63) is 53.6 Å². The molecule has 0 aliphatic carbocycles. The lowest BCUT2D eigenvalue weighted by Crippen LogP contribution is -2.22. The summed E-state index contributed by atoms with van der Waals surface area (Å²) in [4.78, 5) is 23.1. The first kappa shape index (κ1) is 19.3. The molecule has 8 heteroatoms. The first-order valence-corrected chi connectivity index (χ1v) is 7.74. The van der Waals surface area contributed by atoms with E-state index in [0.29, 0.717) is 11.4 Å². The molecule has 0 saturated heterocycles. The normalized spacial score (nSPS) is 11.0. The molecule has 2 aromatic rings. The van der Waals surface area contributed by atoms with E-state index in [-0.39, 0.29) is 18.1 Å². The number of hydrogen-bond acceptors (Lipinski definition) is 3. The maximum absolute atomic E-state index is 12.5. The molecule has 0 unspecified atom stereocenters. The van der Waals surface area contributed by atoms with Gasteiger partial charge in [-0.2, -0.15) is 13.2 Å². The molecule has 3 N–H and O–H groups in total. The van der Waals surface area contributed by atoms with Crippen molar-refractivity contribution in [1.82, 2.24) is 0 Å². The van der Waals surface area contributed by atoms with Crippen LogP contribution in [0.25, 0.3) is 0 Å². The van der Waals surface area contributed by atoms with Gasteiger partial charge in [0.05, 0.1) is 12.1 Å². The second-order valence-electron chi connectivity index (χ2n) is 5.69. The number of hydrogen-bond donors (Lipinski definition) is 3. The third kappa shape index (κ3) is 5.51. The monoisotopic (exact) mass is 365 g/mol. The SMILES string of the molecule is CC(=O)Nc1ccc(C)c(NCC(=O)Nc2ccc(C(F)(F)F)cc2)c1. The molecule has 0 saturated carbocycles. The Morgan fingerprint density at radius 2 is 1.58 bits per heavy atom. The molecule has 2 aromatic carbocycles. The lowest BCUT2D eigenvalue weighted by molar-refractivity contribution is -0.137. The lowest BCUT2D eigenvalue weighted by atomic mass is 10.1. The van der Waals surface area contributed by atoms with Gasteiger partial charge in [0.15, 0.2) is 0 Å². The van der Waals surface area contributed by atoms with Crippen molar-refractivity contribution in [1.29, 1.82) is 0 Å². The van der Waals surface area contributed by atoms with Crippen LogP contribution in [0.15, 0.2) is 42.5 Å². The topological polar surface area (TPSA) is 70.2 Å². The maximum Gasteiger partial charge on any atom is 0.416 e. The number of alkyl halides is 3. The van der Waals surface area contributed by atoms with E-state index in [1.54, 1.807) is 18.2 Å². The van der Waals surface area contributed by atoms with Crippen molar-refractivity contribution >= 4 is 28.9 Å². The number of amides is 2. The molecule has 0 radical (unpaired) electrons. The molecular weight excluding hydrogens is 347 g/mol. The van der Waals surface area contributed by atoms with E-state index in [4.69, 9.17) is 0 Å². The van der Waals surface area contributed by atoms with Crippen LogP contribution in [-0.4, -0.2) is 18.4 Å². The van der Waals surface area contributed by atoms with E-state index in [1.165, 1.54) is 19.1 Å². The molecule has 0 aliphatic heterocycles. The molecule has 2 amide bonds. The highest BCUT2D eigenvalue weighted by Gasteiger charge is 2.29. The Labute approximate surface area is 148 Å². The van der Waals surface area contributed by atoms with Gasteiger partial charge in [0.25, 0.3) is 0 Å². The fourth-order valence-corrected chi connectivity index (χ4v) is 2.22. The molecule has 0 aliphatic rings. The number of halogens is 3. The predicted octanol–water partition coefficient (Wildman–Crippen LogP) is 4.02. The van der Waals surface area contributed by atoms with Gasteiger partial charge in [-0.3, -0.25) is 9.59 Å². The number of carbonyl (C=O) groups excluding carboxylic acids is 2. The Morgan fingerprint density at radius 3 is 2.15 bits per heavy atom. The lowest BCUT2D eigenvalue weighted by Gasteiger charge is -2.12.